The van der Waals surface area contributed by atoms with E-state index in [1.807, 2.05) is 12.1 Å². The van der Waals surface area contributed by atoms with Gasteiger partial charge in [-0.1, -0.05) is 0 Å². The van der Waals surface area contributed by atoms with E-state index in [1.165, 1.54) is 0 Å². The molecule has 0 aliphatic heterocycles. The Balaban J connectivity index is 2.64. The zero-order chi connectivity index (χ0) is 12.9. The minimum atomic E-state index is -2.09. The molecule has 0 spiro atoms. The average Bonchev–Trinajstić information content (AvgIpc) is 2.26. The van der Waals surface area contributed by atoms with Crippen LogP contribution in [0.4, 0.5) is 0 Å². The molecule has 3 nitrogen and oxygen atoms in total. The number of likely N-dealkylation sites (N-methyl/N-ethyl adjacent to an activating group) is 1. The number of methoxy groups -OCH3 is 2. The highest BCUT2D eigenvalue weighted by molar-refractivity contribution is 5.38. The zero-order valence-corrected chi connectivity index (χ0v) is 8.46. The van der Waals surface area contributed by atoms with Crippen LogP contribution in [0.3, 0.4) is 0 Å². The molecule has 3 heteroatoms. The van der Waals surface area contributed by atoms with E-state index in [2.05, 4.69) is 5.32 Å². The quantitative estimate of drug-likeness (QED) is 0.777. The van der Waals surface area contributed by atoms with E-state index in [0.29, 0.717) is 24.5 Å². The normalized spacial score (nSPS) is 14.0. The van der Waals surface area contributed by atoms with Crippen LogP contribution in [0.15, 0.2) is 18.2 Å². The summed E-state index contributed by atoms with van der Waals surface area (Å²) in [5.74, 6) is 1.40. The van der Waals surface area contributed by atoms with Gasteiger partial charge in [-0.15, -0.1) is 0 Å². The standard InChI is InChI=1S/C11H17NO2/c1-12-5-4-9-6-10(13-2)8-11(7-9)14-3/h6-8,12H,4-5H2,1-3H3/i1D3. The third-order valence-electron chi connectivity index (χ3n) is 1.95. The van der Waals surface area contributed by atoms with E-state index >= 15 is 0 Å². The Morgan fingerprint density at radius 3 is 2.36 bits per heavy atom. The highest BCUT2D eigenvalue weighted by Crippen LogP contribution is 2.22. The first-order valence-corrected chi connectivity index (χ1v) is 4.41. The SMILES string of the molecule is [2H]C([2H])([2H])NCCc1cc(OC)cc(OC)c1. The molecule has 0 atom stereocenters. The minimum Gasteiger partial charge on any atom is -0.497 e. The fraction of sp³-hybridized carbons (Fsp3) is 0.455. The van der Waals surface area contributed by atoms with Gasteiger partial charge >= 0.3 is 0 Å². The molecule has 0 aliphatic rings. The van der Waals surface area contributed by atoms with Gasteiger partial charge in [0.1, 0.15) is 11.5 Å². The molecule has 0 fully saturated rings. The fourth-order valence-corrected chi connectivity index (χ4v) is 1.22. The van der Waals surface area contributed by atoms with E-state index < -0.39 is 6.98 Å². The van der Waals surface area contributed by atoms with Crippen molar-refractivity contribution >= 4 is 0 Å². The van der Waals surface area contributed by atoms with Crippen molar-refractivity contribution in [3.05, 3.63) is 23.8 Å². The second kappa shape index (κ2) is 5.50. The predicted octanol–water partition coefficient (Wildman–Crippen LogP) is 1.47. The van der Waals surface area contributed by atoms with Gasteiger partial charge in [0, 0.05) is 10.2 Å². The lowest BCUT2D eigenvalue weighted by Gasteiger charge is -2.07. The first-order chi connectivity index (χ1) is 7.94. The topological polar surface area (TPSA) is 30.5 Å². The Morgan fingerprint density at radius 1 is 1.21 bits per heavy atom. The van der Waals surface area contributed by atoms with Gasteiger partial charge in [-0.05, 0) is 37.6 Å². The van der Waals surface area contributed by atoms with Crippen molar-refractivity contribution in [3.8, 4) is 11.5 Å². The van der Waals surface area contributed by atoms with E-state index in [1.54, 1.807) is 20.3 Å². The van der Waals surface area contributed by atoms with Crippen molar-refractivity contribution in [1.29, 1.82) is 0 Å². The Morgan fingerprint density at radius 2 is 1.86 bits per heavy atom. The maximum Gasteiger partial charge on any atom is 0.122 e. The molecule has 0 aromatic heterocycles. The average molecular weight is 198 g/mol. The molecule has 78 valence electrons. The van der Waals surface area contributed by atoms with Gasteiger partial charge in [-0.2, -0.15) is 0 Å². The third-order valence-corrected chi connectivity index (χ3v) is 1.95. The molecule has 0 radical (unpaired) electrons. The van der Waals surface area contributed by atoms with Crippen molar-refractivity contribution < 1.29 is 13.6 Å². The van der Waals surface area contributed by atoms with Crippen LogP contribution in [0, 0.1) is 0 Å². The first-order valence-electron chi connectivity index (χ1n) is 5.91. The summed E-state index contributed by atoms with van der Waals surface area (Å²) in [5, 5.41) is 2.46. The van der Waals surface area contributed by atoms with Crippen LogP contribution in [0.25, 0.3) is 0 Å². The lowest BCUT2D eigenvalue weighted by Crippen LogP contribution is -2.10. The van der Waals surface area contributed by atoms with Crippen molar-refractivity contribution in [2.24, 2.45) is 0 Å². The molecule has 0 saturated heterocycles. The van der Waals surface area contributed by atoms with E-state index in [0.717, 1.165) is 5.56 Å². The third kappa shape index (κ3) is 2.92. The number of benzene rings is 1. The fourth-order valence-electron chi connectivity index (χ4n) is 1.22. The van der Waals surface area contributed by atoms with Gasteiger partial charge in [0.15, 0.2) is 0 Å². The van der Waals surface area contributed by atoms with Crippen LogP contribution in [-0.4, -0.2) is 27.7 Å². The lowest BCUT2D eigenvalue weighted by molar-refractivity contribution is 0.393. The molecular formula is C11H17NO2. The van der Waals surface area contributed by atoms with Crippen molar-refractivity contribution in [1.82, 2.24) is 5.32 Å². The summed E-state index contributed by atoms with van der Waals surface area (Å²) in [7, 11) is 3.17. The van der Waals surface area contributed by atoms with Crippen molar-refractivity contribution in [2.45, 2.75) is 6.42 Å². The molecule has 0 unspecified atom stereocenters. The summed E-state index contributed by atoms with van der Waals surface area (Å²) >= 11 is 0. The molecule has 1 aromatic rings. The Bertz CT molecular complexity index is 344. The molecule has 0 bridgehead atoms. The second-order valence-corrected chi connectivity index (χ2v) is 2.90. The van der Waals surface area contributed by atoms with Gasteiger partial charge in [-0.3, -0.25) is 0 Å². The minimum absolute atomic E-state index is 0.382. The Kier molecular flexibility index (Phi) is 2.80. The monoisotopic (exact) mass is 198 g/mol. The number of nitrogens with one attached hydrogen (secondary N) is 1. The number of ether oxygens (including phenoxy) is 2. The van der Waals surface area contributed by atoms with Crippen LogP contribution >= 0.6 is 0 Å². The van der Waals surface area contributed by atoms with Crippen LogP contribution in [0.1, 0.15) is 9.68 Å². The summed E-state index contributed by atoms with van der Waals surface area (Å²) in [6, 6.07) is 5.51. The second-order valence-electron chi connectivity index (χ2n) is 2.90. The Hall–Kier alpha value is -1.22. The first kappa shape index (κ1) is 7.12. The summed E-state index contributed by atoms with van der Waals surface area (Å²) in [6.45, 7) is -1.71. The van der Waals surface area contributed by atoms with Crippen molar-refractivity contribution in [2.75, 3.05) is 27.7 Å². The molecule has 1 rings (SSSR count). The zero-order valence-electron chi connectivity index (χ0n) is 11.5. The van der Waals surface area contributed by atoms with E-state index in [4.69, 9.17) is 13.6 Å². The predicted molar refractivity (Wildman–Crippen MR) is 57.2 cm³/mol. The van der Waals surface area contributed by atoms with Gasteiger partial charge in [-0.25, -0.2) is 0 Å². The van der Waals surface area contributed by atoms with Crippen molar-refractivity contribution in [3.63, 3.8) is 0 Å². The highest BCUT2D eigenvalue weighted by atomic mass is 16.5. The lowest BCUT2D eigenvalue weighted by atomic mass is 10.1. The maximum atomic E-state index is 7.03. The molecule has 14 heavy (non-hydrogen) atoms. The smallest absolute Gasteiger partial charge is 0.122 e. The summed E-state index contributed by atoms with van der Waals surface area (Å²) in [5.41, 5.74) is 0.970. The molecular weight excluding hydrogens is 178 g/mol. The van der Waals surface area contributed by atoms with E-state index in [-0.39, 0.29) is 0 Å². The molecule has 1 aromatic carbocycles. The van der Waals surface area contributed by atoms with E-state index in [9.17, 15) is 0 Å². The Labute approximate surface area is 89.2 Å². The molecule has 0 saturated carbocycles. The van der Waals surface area contributed by atoms with Crippen LogP contribution in [0.5, 0.6) is 11.5 Å². The summed E-state index contributed by atoms with van der Waals surface area (Å²) < 4.78 is 31.3. The van der Waals surface area contributed by atoms with Gasteiger partial charge in [0.25, 0.3) is 0 Å². The highest BCUT2D eigenvalue weighted by Gasteiger charge is 2.00. The van der Waals surface area contributed by atoms with Crippen LogP contribution in [-0.2, 0) is 6.42 Å². The summed E-state index contributed by atoms with van der Waals surface area (Å²) in [4.78, 5) is 0. The largest absolute Gasteiger partial charge is 0.497 e. The summed E-state index contributed by atoms with van der Waals surface area (Å²) in [6.07, 6.45) is 0.603. The molecule has 0 aliphatic carbocycles. The molecule has 0 heterocycles. The van der Waals surface area contributed by atoms with Gasteiger partial charge in [0.2, 0.25) is 0 Å². The van der Waals surface area contributed by atoms with Gasteiger partial charge in [0.05, 0.1) is 14.2 Å². The number of hydrogen-bond acceptors (Lipinski definition) is 3. The maximum absolute atomic E-state index is 7.03. The molecule has 1 N–H and O–H groups in total. The number of hydrogen-bond donors (Lipinski definition) is 1. The number of rotatable bonds is 5. The van der Waals surface area contributed by atoms with Crippen LogP contribution < -0.4 is 14.8 Å². The van der Waals surface area contributed by atoms with Gasteiger partial charge < -0.3 is 14.8 Å². The van der Waals surface area contributed by atoms with Crippen LogP contribution in [0.2, 0.25) is 0 Å². The molecule has 0 amide bonds.